The predicted molar refractivity (Wildman–Crippen MR) is 115 cm³/mol. The average Bonchev–Trinajstić information content (AvgIpc) is 3.17. The second kappa shape index (κ2) is 8.85. The summed E-state index contributed by atoms with van der Waals surface area (Å²) in [6.07, 6.45) is 8.83. The van der Waals surface area contributed by atoms with Gasteiger partial charge >= 0.3 is 0 Å². The van der Waals surface area contributed by atoms with Crippen LogP contribution in [-0.4, -0.2) is 50.0 Å². The maximum absolute atomic E-state index is 12.9. The van der Waals surface area contributed by atoms with Crippen molar-refractivity contribution in [2.45, 2.75) is 64.7 Å². The molecule has 0 aromatic carbocycles. The third kappa shape index (κ3) is 4.22. The molecule has 2 aromatic rings. The van der Waals surface area contributed by atoms with Crippen molar-refractivity contribution in [3.8, 4) is 0 Å². The summed E-state index contributed by atoms with van der Waals surface area (Å²) in [6.45, 7) is 6.08. The molecule has 2 fully saturated rings. The Morgan fingerprint density at radius 2 is 1.96 bits per heavy atom. The SMILES string of the molecule is CCC(C)c1cc(CC2CCCCC2)nc2cc(C(=O)N3CCSCC3)nn12. The summed E-state index contributed by atoms with van der Waals surface area (Å²) in [5, 5.41) is 4.70. The minimum atomic E-state index is 0.0507. The summed E-state index contributed by atoms with van der Waals surface area (Å²) in [6, 6.07) is 4.15. The Bertz CT molecular complexity index is 821. The number of rotatable bonds is 5. The van der Waals surface area contributed by atoms with Crippen molar-refractivity contribution >= 4 is 23.3 Å². The molecule has 152 valence electrons. The first-order valence-electron chi connectivity index (χ1n) is 10.9. The third-order valence-electron chi connectivity index (χ3n) is 6.37. The van der Waals surface area contributed by atoms with E-state index in [1.807, 2.05) is 27.2 Å². The number of hydrogen-bond donors (Lipinski definition) is 0. The van der Waals surface area contributed by atoms with E-state index >= 15 is 0 Å². The molecule has 1 saturated carbocycles. The summed E-state index contributed by atoms with van der Waals surface area (Å²) < 4.78 is 1.92. The van der Waals surface area contributed by atoms with Gasteiger partial charge < -0.3 is 4.90 Å². The summed E-state index contributed by atoms with van der Waals surface area (Å²) in [4.78, 5) is 19.8. The van der Waals surface area contributed by atoms with Crippen LogP contribution < -0.4 is 0 Å². The van der Waals surface area contributed by atoms with Gasteiger partial charge in [0.25, 0.3) is 5.91 Å². The minimum Gasteiger partial charge on any atom is -0.336 e. The van der Waals surface area contributed by atoms with Crippen molar-refractivity contribution in [2.24, 2.45) is 5.92 Å². The predicted octanol–water partition coefficient (Wildman–Crippen LogP) is 4.55. The molecule has 1 saturated heterocycles. The molecule has 0 bridgehead atoms. The van der Waals surface area contributed by atoms with Crippen LogP contribution >= 0.6 is 11.8 Å². The van der Waals surface area contributed by atoms with Gasteiger partial charge in [0.15, 0.2) is 11.3 Å². The normalized spacial score (nSPS) is 19.9. The Morgan fingerprint density at radius 3 is 2.68 bits per heavy atom. The summed E-state index contributed by atoms with van der Waals surface area (Å²) in [5.74, 6) is 3.23. The Morgan fingerprint density at radius 1 is 1.21 bits per heavy atom. The molecule has 3 heterocycles. The Kier molecular flexibility index (Phi) is 6.24. The van der Waals surface area contributed by atoms with E-state index < -0.39 is 0 Å². The van der Waals surface area contributed by atoms with Crippen molar-refractivity contribution in [1.29, 1.82) is 0 Å². The molecule has 1 aliphatic carbocycles. The van der Waals surface area contributed by atoms with E-state index in [-0.39, 0.29) is 5.91 Å². The largest absolute Gasteiger partial charge is 0.336 e. The molecule has 1 unspecified atom stereocenters. The number of carbonyl (C=O) groups is 1. The van der Waals surface area contributed by atoms with Gasteiger partial charge in [-0.25, -0.2) is 9.50 Å². The van der Waals surface area contributed by atoms with E-state index in [9.17, 15) is 4.79 Å². The molecular weight excluding hydrogens is 368 g/mol. The molecule has 28 heavy (non-hydrogen) atoms. The second-order valence-electron chi connectivity index (χ2n) is 8.39. The van der Waals surface area contributed by atoms with Gasteiger partial charge in [0.1, 0.15) is 0 Å². The number of nitrogens with zero attached hydrogens (tertiary/aromatic N) is 4. The number of aromatic nitrogens is 3. The maximum atomic E-state index is 12.9. The van der Waals surface area contributed by atoms with Crippen molar-refractivity contribution < 1.29 is 4.79 Å². The molecule has 1 amide bonds. The summed E-state index contributed by atoms with van der Waals surface area (Å²) in [7, 11) is 0. The zero-order valence-corrected chi connectivity index (χ0v) is 18.0. The van der Waals surface area contributed by atoms with Gasteiger partial charge in [0.05, 0.1) is 0 Å². The van der Waals surface area contributed by atoms with Gasteiger partial charge in [-0.05, 0) is 30.7 Å². The number of carbonyl (C=O) groups excluding carboxylic acids is 1. The van der Waals surface area contributed by atoms with E-state index in [0.717, 1.165) is 49.0 Å². The fourth-order valence-corrected chi connectivity index (χ4v) is 5.34. The fraction of sp³-hybridized carbons (Fsp3) is 0.682. The van der Waals surface area contributed by atoms with Crippen LogP contribution in [0.1, 0.15) is 80.2 Å². The van der Waals surface area contributed by atoms with Crippen LogP contribution in [0.15, 0.2) is 12.1 Å². The van der Waals surface area contributed by atoms with Crippen LogP contribution in [0.4, 0.5) is 0 Å². The standard InChI is InChI=1S/C22H32N4OS/c1-3-16(2)20-14-18(13-17-7-5-4-6-8-17)23-21-15-19(24-26(20)21)22(27)25-9-11-28-12-10-25/h14-17H,3-13H2,1-2H3. The second-order valence-corrected chi connectivity index (χ2v) is 9.62. The fourth-order valence-electron chi connectivity index (χ4n) is 4.44. The molecule has 2 aliphatic rings. The van der Waals surface area contributed by atoms with Crippen LogP contribution in [-0.2, 0) is 6.42 Å². The summed E-state index contributed by atoms with van der Waals surface area (Å²) in [5.41, 5.74) is 3.73. The quantitative estimate of drug-likeness (QED) is 0.738. The molecule has 0 N–H and O–H groups in total. The molecule has 1 aliphatic heterocycles. The zero-order valence-electron chi connectivity index (χ0n) is 17.2. The molecule has 2 aromatic heterocycles. The first kappa shape index (κ1) is 19.7. The Labute approximate surface area is 172 Å². The lowest BCUT2D eigenvalue weighted by Gasteiger charge is -2.25. The smallest absolute Gasteiger partial charge is 0.274 e. The van der Waals surface area contributed by atoms with E-state index in [0.29, 0.717) is 11.6 Å². The van der Waals surface area contributed by atoms with Crippen molar-refractivity contribution in [3.63, 3.8) is 0 Å². The lowest BCUT2D eigenvalue weighted by molar-refractivity contribution is 0.0766. The maximum Gasteiger partial charge on any atom is 0.274 e. The third-order valence-corrected chi connectivity index (χ3v) is 7.31. The number of hydrogen-bond acceptors (Lipinski definition) is 4. The average molecular weight is 401 g/mol. The van der Waals surface area contributed by atoms with E-state index in [4.69, 9.17) is 10.1 Å². The topological polar surface area (TPSA) is 50.5 Å². The van der Waals surface area contributed by atoms with Crippen molar-refractivity contribution in [2.75, 3.05) is 24.6 Å². The van der Waals surface area contributed by atoms with Crippen LogP contribution in [0.2, 0.25) is 0 Å². The molecule has 0 radical (unpaired) electrons. The molecule has 4 rings (SSSR count). The molecule has 5 nitrogen and oxygen atoms in total. The lowest BCUT2D eigenvalue weighted by Crippen LogP contribution is -2.38. The minimum absolute atomic E-state index is 0.0507. The molecule has 1 atom stereocenters. The number of amides is 1. The van der Waals surface area contributed by atoms with E-state index in [1.165, 1.54) is 43.5 Å². The van der Waals surface area contributed by atoms with Crippen molar-refractivity contribution in [1.82, 2.24) is 19.5 Å². The first-order valence-corrected chi connectivity index (χ1v) is 12.1. The molecule has 0 spiro atoms. The highest BCUT2D eigenvalue weighted by Gasteiger charge is 2.23. The highest BCUT2D eigenvalue weighted by molar-refractivity contribution is 7.99. The van der Waals surface area contributed by atoms with Crippen LogP contribution in [0.3, 0.4) is 0 Å². The van der Waals surface area contributed by atoms with Crippen LogP contribution in [0, 0.1) is 5.92 Å². The number of thioether (sulfide) groups is 1. The Hall–Kier alpha value is -1.56. The van der Waals surface area contributed by atoms with Gasteiger partial charge in [-0.15, -0.1) is 0 Å². The van der Waals surface area contributed by atoms with Crippen LogP contribution in [0.5, 0.6) is 0 Å². The highest BCUT2D eigenvalue weighted by atomic mass is 32.2. The van der Waals surface area contributed by atoms with E-state index in [1.54, 1.807) is 0 Å². The zero-order chi connectivity index (χ0) is 19.5. The molecule has 6 heteroatoms. The van der Waals surface area contributed by atoms with Gasteiger partial charge in [-0.2, -0.15) is 16.9 Å². The van der Waals surface area contributed by atoms with Gasteiger partial charge in [-0.1, -0.05) is 46.0 Å². The van der Waals surface area contributed by atoms with Gasteiger partial charge in [0.2, 0.25) is 0 Å². The summed E-state index contributed by atoms with van der Waals surface area (Å²) >= 11 is 1.91. The van der Waals surface area contributed by atoms with Gasteiger partial charge in [0, 0.05) is 42.0 Å². The first-order chi connectivity index (χ1) is 13.7. The Balaban J connectivity index is 1.65. The van der Waals surface area contributed by atoms with Crippen molar-refractivity contribution in [3.05, 3.63) is 29.2 Å². The lowest BCUT2D eigenvalue weighted by atomic mass is 9.86. The molecular formula is C22H32N4OS. The monoisotopic (exact) mass is 400 g/mol. The highest BCUT2D eigenvalue weighted by Crippen LogP contribution is 2.28. The van der Waals surface area contributed by atoms with Gasteiger partial charge in [-0.3, -0.25) is 4.79 Å². The van der Waals surface area contributed by atoms with Crippen LogP contribution in [0.25, 0.3) is 5.65 Å². The number of fused-ring (bicyclic) bond motifs is 1. The van der Waals surface area contributed by atoms with E-state index in [2.05, 4.69) is 19.9 Å².